The topological polar surface area (TPSA) is 64.9 Å². The van der Waals surface area contributed by atoms with Crippen LogP contribution in [0.25, 0.3) is 0 Å². The molecule has 1 rings (SSSR count). The second-order valence-corrected chi connectivity index (χ2v) is 3.98. The SMILES string of the molecule is CC.CC(N)c1nnc(C(C)(C)C)o1. The Bertz CT molecular complexity index is 261. The average Bonchev–Trinajstić information content (AvgIpc) is 2.54. The third-order valence-electron chi connectivity index (χ3n) is 1.47. The molecule has 4 nitrogen and oxygen atoms in total. The normalized spacial score (nSPS) is 13.1. The molecule has 1 aromatic heterocycles. The van der Waals surface area contributed by atoms with Crippen LogP contribution in [0.4, 0.5) is 0 Å². The number of nitrogens with zero attached hydrogens (tertiary/aromatic N) is 2. The van der Waals surface area contributed by atoms with Gasteiger partial charge in [-0.1, -0.05) is 34.6 Å². The first-order chi connectivity index (χ1) is 6.41. The van der Waals surface area contributed by atoms with Crippen molar-refractivity contribution in [3.8, 4) is 0 Å². The maximum Gasteiger partial charge on any atom is 0.232 e. The van der Waals surface area contributed by atoms with E-state index in [1.54, 1.807) is 0 Å². The fourth-order valence-electron chi connectivity index (χ4n) is 0.722. The number of aromatic nitrogens is 2. The molecule has 0 aliphatic heterocycles. The van der Waals surface area contributed by atoms with E-state index in [9.17, 15) is 0 Å². The van der Waals surface area contributed by atoms with Gasteiger partial charge in [0.25, 0.3) is 0 Å². The highest BCUT2D eigenvalue weighted by Crippen LogP contribution is 2.21. The molecule has 1 unspecified atom stereocenters. The van der Waals surface area contributed by atoms with Crippen LogP contribution in [-0.4, -0.2) is 10.2 Å². The van der Waals surface area contributed by atoms with Gasteiger partial charge in [-0.25, -0.2) is 0 Å². The van der Waals surface area contributed by atoms with Gasteiger partial charge in [0.2, 0.25) is 11.8 Å². The third-order valence-corrected chi connectivity index (χ3v) is 1.47. The number of hydrogen-bond donors (Lipinski definition) is 1. The van der Waals surface area contributed by atoms with Gasteiger partial charge in [-0.05, 0) is 6.92 Å². The fraction of sp³-hybridized carbons (Fsp3) is 0.800. The molecule has 2 N–H and O–H groups in total. The summed E-state index contributed by atoms with van der Waals surface area (Å²) in [4.78, 5) is 0. The monoisotopic (exact) mass is 199 g/mol. The standard InChI is InChI=1S/C8H15N3O.C2H6/c1-5(9)6-10-11-7(12-6)8(2,3)4;1-2/h5H,9H2,1-4H3;1-2H3. The van der Waals surface area contributed by atoms with Crippen LogP contribution in [0.5, 0.6) is 0 Å². The minimum absolute atomic E-state index is 0.0971. The molecule has 1 heterocycles. The summed E-state index contributed by atoms with van der Waals surface area (Å²) in [6.07, 6.45) is 0. The highest BCUT2D eigenvalue weighted by Gasteiger charge is 2.22. The zero-order valence-electron chi connectivity index (χ0n) is 9.96. The van der Waals surface area contributed by atoms with Crippen LogP contribution in [0.3, 0.4) is 0 Å². The Hall–Kier alpha value is -0.900. The van der Waals surface area contributed by atoms with Gasteiger partial charge in [0.15, 0.2) is 0 Å². The zero-order valence-corrected chi connectivity index (χ0v) is 9.96. The smallest absolute Gasteiger partial charge is 0.232 e. The predicted octanol–water partition coefficient (Wildman–Crippen LogP) is 2.41. The van der Waals surface area contributed by atoms with Crippen LogP contribution in [0.15, 0.2) is 4.42 Å². The van der Waals surface area contributed by atoms with Gasteiger partial charge in [-0.3, -0.25) is 0 Å². The van der Waals surface area contributed by atoms with Gasteiger partial charge in [0, 0.05) is 5.41 Å². The summed E-state index contributed by atoms with van der Waals surface area (Å²) < 4.78 is 5.36. The van der Waals surface area contributed by atoms with Crippen LogP contribution in [0, 0.1) is 0 Å². The van der Waals surface area contributed by atoms with Gasteiger partial charge in [0.05, 0.1) is 6.04 Å². The molecule has 1 aromatic rings. The summed E-state index contributed by atoms with van der Waals surface area (Å²) in [5.41, 5.74) is 5.48. The van der Waals surface area contributed by atoms with Crippen molar-refractivity contribution >= 4 is 0 Å². The largest absolute Gasteiger partial charge is 0.423 e. The highest BCUT2D eigenvalue weighted by molar-refractivity contribution is 4.97. The van der Waals surface area contributed by atoms with Crippen LogP contribution in [-0.2, 0) is 5.41 Å². The Balaban J connectivity index is 0.000000791. The summed E-state index contributed by atoms with van der Waals surface area (Å²) in [5.74, 6) is 1.13. The fourth-order valence-corrected chi connectivity index (χ4v) is 0.722. The van der Waals surface area contributed by atoms with E-state index < -0.39 is 0 Å². The molecule has 82 valence electrons. The zero-order chi connectivity index (χ0) is 11.4. The van der Waals surface area contributed by atoms with Crippen LogP contribution in [0.1, 0.15) is 59.4 Å². The third kappa shape index (κ3) is 3.46. The Labute approximate surface area is 85.9 Å². The lowest BCUT2D eigenvalue weighted by Gasteiger charge is -2.11. The Morgan fingerprint density at radius 1 is 1.21 bits per heavy atom. The van der Waals surface area contributed by atoms with Crippen molar-refractivity contribution in [1.29, 1.82) is 0 Å². The van der Waals surface area contributed by atoms with E-state index in [2.05, 4.69) is 10.2 Å². The molecule has 0 aliphatic carbocycles. The Kier molecular flexibility index (Phi) is 4.77. The van der Waals surface area contributed by atoms with E-state index in [1.807, 2.05) is 41.5 Å². The lowest BCUT2D eigenvalue weighted by Crippen LogP contribution is -2.11. The van der Waals surface area contributed by atoms with E-state index in [0.717, 1.165) is 0 Å². The molecule has 4 heteroatoms. The second kappa shape index (κ2) is 5.10. The molecule has 0 saturated heterocycles. The Morgan fingerprint density at radius 2 is 1.71 bits per heavy atom. The summed E-state index contributed by atoms with van der Waals surface area (Å²) in [7, 11) is 0. The summed E-state index contributed by atoms with van der Waals surface area (Å²) in [5, 5.41) is 7.75. The van der Waals surface area contributed by atoms with E-state index in [1.165, 1.54) is 0 Å². The van der Waals surface area contributed by atoms with E-state index in [4.69, 9.17) is 10.2 Å². The molecule has 0 radical (unpaired) electrons. The molecule has 0 saturated carbocycles. The first-order valence-corrected chi connectivity index (χ1v) is 5.00. The molecule has 0 aromatic carbocycles. The quantitative estimate of drug-likeness (QED) is 0.754. The number of hydrogen-bond acceptors (Lipinski definition) is 4. The lowest BCUT2D eigenvalue weighted by molar-refractivity contribution is 0.361. The van der Waals surface area contributed by atoms with Crippen molar-refractivity contribution in [3.63, 3.8) is 0 Å². The molecule has 0 bridgehead atoms. The van der Waals surface area contributed by atoms with Crippen molar-refractivity contribution in [2.45, 2.75) is 53.0 Å². The van der Waals surface area contributed by atoms with Gasteiger partial charge in [0.1, 0.15) is 0 Å². The summed E-state index contributed by atoms with van der Waals surface area (Å²) in [6, 6.07) is -0.186. The van der Waals surface area contributed by atoms with Gasteiger partial charge >= 0.3 is 0 Å². The molecule has 0 fully saturated rings. The molecule has 0 spiro atoms. The minimum Gasteiger partial charge on any atom is -0.423 e. The number of rotatable bonds is 1. The predicted molar refractivity (Wildman–Crippen MR) is 56.9 cm³/mol. The van der Waals surface area contributed by atoms with Crippen molar-refractivity contribution < 1.29 is 4.42 Å². The molecule has 0 aliphatic rings. The minimum atomic E-state index is -0.186. The molecular formula is C10H21N3O. The van der Waals surface area contributed by atoms with Crippen LogP contribution < -0.4 is 5.73 Å². The maximum absolute atomic E-state index is 5.57. The van der Waals surface area contributed by atoms with Gasteiger partial charge < -0.3 is 10.2 Å². The van der Waals surface area contributed by atoms with Crippen LogP contribution in [0.2, 0.25) is 0 Å². The van der Waals surface area contributed by atoms with Gasteiger partial charge in [-0.2, -0.15) is 0 Å². The van der Waals surface area contributed by atoms with Crippen molar-refractivity contribution in [1.82, 2.24) is 10.2 Å². The van der Waals surface area contributed by atoms with Crippen molar-refractivity contribution in [2.75, 3.05) is 0 Å². The Morgan fingerprint density at radius 3 is 1.93 bits per heavy atom. The maximum atomic E-state index is 5.57. The molecule has 1 atom stereocenters. The first kappa shape index (κ1) is 13.1. The van der Waals surface area contributed by atoms with Gasteiger partial charge in [-0.15, -0.1) is 10.2 Å². The number of nitrogens with two attached hydrogens (primary N) is 1. The summed E-state index contributed by atoms with van der Waals surface area (Å²) >= 11 is 0. The average molecular weight is 199 g/mol. The molecular weight excluding hydrogens is 178 g/mol. The van der Waals surface area contributed by atoms with Crippen molar-refractivity contribution in [3.05, 3.63) is 11.8 Å². The molecule has 0 amide bonds. The van der Waals surface area contributed by atoms with E-state index >= 15 is 0 Å². The summed E-state index contributed by atoms with van der Waals surface area (Å²) in [6.45, 7) is 11.9. The van der Waals surface area contributed by atoms with E-state index in [-0.39, 0.29) is 11.5 Å². The second-order valence-electron chi connectivity index (χ2n) is 3.98. The lowest BCUT2D eigenvalue weighted by atomic mass is 9.97. The van der Waals surface area contributed by atoms with E-state index in [0.29, 0.717) is 11.8 Å². The van der Waals surface area contributed by atoms with Crippen LogP contribution >= 0.6 is 0 Å². The highest BCUT2D eigenvalue weighted by atomic mass is 16.4. The molecule has 14 heavy (non-hydrogen) atoms. The first-order valence-electron chi connectivity index (χ1n) is 5.00. The van der Waals surface area contributed by atoms with Crippen molar-refractivity contribution in [2.24, 2.45) is 5.73 Å².